The van der Waals surface area contributed by atoms with Gasteiger partial charge in [0, 0.05) is 32.4 Å². The normalized spacial score (nSPS) is 11.5. The Morgan fingerprint density at radius 2 is 1.50 bits per heavy atom. The van der Waals surface area contributed by atoms with Gasteiger partial charge in [0.2, 0.25) is 5.95 Å². The second-order valence-electron chi connectivity index (χ2n) is 9.10. The van der Waals surface area contributed by atoms with E-state index >= 15 is 0 Å². The van der Waals surface area contributed by atoms with Crippen LogP contribution in [0.1, 0.15) is 26.6 Å². The van der Waals surface area contributed by atoms with Gasteiger partial charge in [0.15, 0.2) is 0 Å². The summed E-state index contributed by atoms with van der Waals surface area (Å²) in [6.07, 6.45) is 5.80. The third-order valence-corrected chi connectivity index (χ3v) is 7.41. The lowest BCUT2D eigenvalue weighted by molar-refractivity contribution is 1.01. The van der Waals surface area contributed by atoms with E-state index in [1.54, 1.807) is 0 Å². The number of aromatic nitrogens is 5. The molecular weight excluding hydrogens is 558 g/mol. The van der Waals surface area contributed by atoms with Crippen molar-refractivity contribution in [3.63, 3.8) is 0 Å². The second kappa shape index (κ2) is 10.5. The Kier molecular flexibility index (Phi) is 6.78. The van der Waals surface area contributed by atoms with E-state index in [9.17, 15) is 0 Å². The first-order chi connectivity index (χ1) is 19.7. The van der Waals surface area contributed by atoms with Gasteiger partial charge in [-0.1, -0.05) is 91.0 Å². The van der Waals surface area contributed by atoms with Crippen LogP contribution in [0.15, 0.2) is 102 Å². The van der Waals surface area contributed by atoms with E-state index in [1.807, 2.05) is 80.1 Å². The van der Waals surface area contributed by atoms with Gasteiger partial charge < -0.3 is 4.57 Å². The standard InChI is InChI=1S/C32H22BrN5.C2H6/c1-3-10-28-35-31-27(37(28)4-2)18-17-26-29(31)23-19-21(33)15-16-25(23)38(26)32-34-24-14-9-8-13-22(24)30(36-32)20-11-6-5-7-12-20;1-2/h3-19H,2H2,1H3;1-2H3/b10-3-;. The van der Waals surface area contributed by atoms with Gasteiger partial charge in [0.1, 0.15) is 5.82 Å². The van der Waals surface area contributed by atoms with Gasteiger partial charge >= 0.3 is 0 Å². The number of halogens is 1. The van der Waals surface area contributed by atoms with Crippen LogP contribution in [0.4, 0.5) is 0 Å². The molecule has 40 heavy (non-hydrogen) atoms. The Bertz CT molecular complexity index is 2070. The van der Waals surface area contributed by atoms with Crippen molar-refractivity contribution >= 4 is 71.9 Å². The van der Waals surface area contributed by atoms with E-state index in [0.717, 1.165) is 65.3 Å². The van der Waals surface area contributed by atoms with Crippen LogP contribution in [0.2, 0.25) is 0 Å². The fourth-order valence-corrected chi connectivity index (χ4v) is 5.67. The Hall–Kier alpha value is -4.55. The molecule has 196 valence electrons. The van der Waals surface area contributed by atoms with E-state index in [2.05, 4.69) is 75.6 Å². The molecule has 3 heterocycles. The predicted molar refractivity (Wildman–Crippen MR) is 173 cm³/mol. The molecule has 0 radical (unpaired) electrons. The van der Waals surface area contributed by atoms with E-state index in [0.29, 0.717) is 5.95 Å². The van der Waals surface area contributed by atoms with Crippen LogP contribution in [0.5, 0.6) is 0 Å². The number of fused-ring (bicyclic) bond motifs is 6. The zero-order chi connectivity index (χ0) is 27.8. The molecule has 0 aliphatic heterocycles. The SMILES string of the molecule is C=Cn1c(/C=C\C)nc2c3c4cc(Br)ccc4n(-c4nc(-c5ccccc5)c5ccccc5n4)c3ccc21.CC. The molecule has 7 rings (SSSR count). The van der Waals surface area contributed by atoms with Crippen molar-refractivity contribution in [1.82, 2.24) is 24.1 Å². The number of allylic oxidation sites excluding steroid dienone is 1. The molecule has 7 aromatic rings. The minimum atomic E-state index is 0.626. The summed E-state index contributed by atoms with van der Waals surface area (Å²) in [7, 11) is 0. The van der Waals surface area contributed by atoms with Crippen LogP contribution in [0.25, 0.3) is 73.2 Å². The van der Waals surface area contributed by atoms with Crippen molar-refractivity contribution in [3.05, 3.63) is 108 Å². The third kappa shape index (κ3) is 4.03. The number of hydrogen-bond acceptors (Lipinski definition) is 3. The zero-order valence-corrected chi connectivity index (χ0v) is 24.2. The number of benzene rings is 4. The van der Waals surface area contributed by atoms with Crippen molar-refractivity contribution in [1.29, 1.82) is 0 Å². The van der Waals surface area contributed by atoms with Crippen molar-refractivity contribution in [2.45, 2.75) is 20.8 Å². The molecule has 0 saturated carbocycles. The number of rotatable bonds is 4. The lowest BCUT2D eigenvalue weighted by Gasteiger charge is -2.11. The molecule has 0 amide bonds. The van der Waals surface area contributed by atoms with Crippen molar-refractivity contribution in [2.75, 3.05) is 0 Å². The van der Waals surface area contributed by atoms with Crippen LogP contribution in [0, 0.1) is 0 Å². The van der Waals surface area contributed by atoms with Crippen LogP contribution < -0.4 is 0 Å². The molecule has 3 aromatic heterocycles. The molecule has 0 bridgehead atoms. The first kappa shape index (κ1) is 25.7. The maximum Gasteiger partial charge on any atom is 0.235 e. The summed E-state index contributed by atoms with van der Waals surface area (Å²) in [4.78, 5) is 15.3. The average Bonchev–Trinajstić information content (AvgIpc) is 3.52. The molecule has 0 fully saturated rings. The summed E-state index contributed by atoms with van der Waals surface area (Å²) in [6, 6.07) is 29.0. The highest BCUT2D eigenvalue weighted by molar-refractivity contribution is 9.10. The summed E-state index contributed by atoms with van der Waals surface area (Å²) in [6.45, 7) is 10.0. The smallest absolute Gasteiger partial charge is 0.235 e. The van der Waals surface area contributed by atoms with Crippen molar-refractivity contribution in [3.8, 4) is 17.2 Å². The molecule has 0 saturated heterocycles. The molecule has 0 atom stereocenters. The Balaban J connectivity index is 0.00000142. The molecule has 0 N–H and O–H groups in total. The molecule has 4 aromatic carbocycles. The maximum absolute atomic E-state index is 5.17. The summed E-state index contributed by atoms with van der Waals surface area (Å²) in [5.74, 6) is 1.47. The van der Waals surface area contributed by atoms with E-state index in [-0.39, 0.29) is 0 Å². The molecular formula is C34H28BrN5. The van der Waals surface area contributed by atoms with E-state index in [1.165, 1.54) is 0 Å². The fourth-order valence-electron chi connectivity index (χ4n) is 5.31. The molecule has 0 aliphatic rings. The molecule has 6 heteroatoms. The van der Waals surface area contributed by atoms with E-state index in [4.69, 9.17) is 15.0 Å². The van der Waals surface area contributed by atoms with Crippen LogP contribution in [0.3, 0.4) is 0 Å². The lowest BCUT2D eigenvalue weighted by atomic mass is 10.1. The van der Waals surface area contributed by atoms with Gasteiger partial charge in [-0.25, -0.2) is 15.0 Å². The fraction of sp³-hybridized carbons (Fsp3) is 0.0882. The van der Waals surface area contributed by atoms with Gasteiger partial charge in [-0.2, -0.15) is 0 Å². The summed E-state index contributed by atoms with van der Waals surface area (Å²) < 4.78 is 5.18. The number of nitrogens with zero attached hydrogens (tertiary/aromatic N) is 5. The van der Waals surface area contributed by atoms with Crippen LogP contribution in [-0.2, 0) is 0 Å². The third-order valence-electron chi connectivity index (χ3n) is 6.91. The zero-order valence-electron chi connectivity index (χ0n) is 22.6. The molecule has 0 aliphatic carbocycles. The monoisotopic (exact) mass is 585 g/mol. The summed E-state index contributed by atoms with van der Waals surface area (Å²) >= 11 is 3.69. The highest BCUT2D eigenvalue weighted by Crippen LogP contribution is 2.38. The first-order valence-corrected chi connectivity index (χ1v) is 14.2. The minimum absolute atomic E-state index is 0.626. The summed E-state index contributed by atoms with van der Waals surface area (Å²) in [5, 5.41) is 3.16. The average molecular weight is 587 g/mol. The highest BCUT2D eigenvalue weighted by atomic mass is 79.9. The van der Waals surface area contributed by atoms with Gasteiger partial charge in [0.25, 0.3) is 0 Å². The van der Waals surface area contributed by atoms with Crippen molar-refractivity contribution in [2.24, 2.45) is 0 Å². The minimum Gasteiger partial charge on any atom is -0.300 e. The Labute approximate surface area is 241 Å². The lowest BCUT2D eigenvalue weighted by Crippen LogP contribution is -2.03. The van der Waals surface area contributed by atoms with Gasteiger partial charge in [-0.15, -0.1) is 0 Å². The van der Waals surface area contributed by atoms with Crippen LogP contribution >= 0.6 is 15.9 Å². The quantitative estimate of drug-likeness (QED) is 0.206. The maximum atomic E-state index is 5.17. The predicted octanol–water partition coefficient (Wildman–Crippen LogP) is 9.67. The molecule has 0 unspecified atom stereocenters. The topological polar surface area (TPSA) is 48.5 Å². The number of para-hydroxylation sites is 1. The Morgan fingerprint density at radius 3 is 2.27 bits per heavy atom. The van der Waals surface area contributed by atoms with Gasteiger partial charge in [0.05, 0.1) is 33.3 Å². The van der Waals surface area contributed by atoms with Gasteiger partial charge in [-0.3, -0.25) is 4.57 Å². The van der Waals surface area contributed by atoms with Crippen LogP contribution in [-0.4, -0.2) is 24.1 Å². The summed E-state index contributed by atoms with van der Waals surface area (Å²) in [5.41, 5.74) is 6.80. The molecule has 5 nitrogen and oxygen atoms in total. The van der Waals surface area contributed by atoms with Gasteiger partial charge in [-0.05, 0) is 49.4 Å². The Morgan fingerprint density at radius 1 is 0.775 bits per heavy atom. The largest absolute Gasteiger partial charge is 0.300 e. The van der Waals surface area contributed by atoms with Crippen molar-refractivity contribution < 1.29 is 0 Å². The number of hydrogen-bond donors (Lipinski definition) is 0. The second-order valence-corrected chi connectivity index (χ2v) is 10.0. The highest BCUT2D eigenvalue weighted by Gasteiger charge is 2.21. The van der Waals surface area contributed by atoms with E-state index < -0.39 is 0 Å². The first-order valence-electron chi connectivity index (χ1n) is 13.4. The number of imidazole rings is 1. The molecule has 0 spiro atoms.